The summed E-state index contributed by atoms with van der Waals surface area (Å²) < 4.78 is 32.3. The fourth-order valence-corrected chi connectivity index (χ4v) is 1.45. The fraction of sp³-hybridized carbons (Fsp3) is 0.364. The molecule has 88 valence electrons. The van der Waals surface area contributed by atoms with Gasteiger partial charge in [0.05, 0.1) is 6.61 Å². The van der Waals surface area contributed by atoms with Gasteiger partial charge in [0.1, 0.15) is 6.42 Å². The molecular formula is C11H11BrF2O2. The highest BCUT2D eigenvalue weighted by Crippen LogP contribution is 2.32. The number of hydrogen-bond donors (Lipinski definition) is 0. The average Bonchev–Trinajstić information content (AvgIpc) is 2.17. The topological polar surface area (TPSA) is 26.3 Å². The molecule has 0 aromatic heterocycles. The Morgan fingerprint density at radius 2 is 1.94 bits per heavy atom. The van der Waals surface area contributed by atoms with Gasteiger partial charge in [0.15, 0.2) is 0 Å². The molecule has 5 heteroatoms. The van der Waals surface area contributed by atoms with E-state index in [-0.39, 0.29) is 12.2 Å². The second-order valence-electron chi connectivity index (χ2n) is 3.19. The molecule has 0 heterocycles. The number of halogens is 3. The summed E-state index contributed by atoms with van der Waals surface area (Å²) in [5.41, 5.74) is -0.191. The van der Waals surface area contributed by atoms with Gasteiger partial charge >= 0.3 is 5.97 Å². The summed E-state index contributed by atoms with van der Waals surface area (Å²) in [5.74, 6) is -4.08. The molecule has 0 N–H and O–H groups in total. The van der Waals surface area contributed by atoms with Crippen molar-refractivity contribution >= 4 is 21.9 Å². The summed E-state index contributed by atoms with van der Waals surface area (Å²) in [5, 5.41) is 0. The lowest BCUT2D eigenvalue weighted by atomic mass is 10.1. The fourth-order valence-electron chi connectivity index (χ4n) is 1.19. The highest BCUT2D eigenvalue weighted by molar-refractivity contribution is 9.10. The average molecular weight is 293 g/mol. The minimum absolute atomic E-state index is 0.106. The Morgan fingerprint density at radius 1 is 1.38 bits per heavy atom. The largest absolute Gasteiger partial charge is 0.466 e. The number of carbonyl (C=O) groups is 1. The maximum atomic E-state index is 13.5. The summed E-state index contributed by atoms with van der Waals surface area (Å²) in [6.07, 6.45) is -0.928. The molecule has 1 rings (SSSR count). The molecule has 0 unspecified atom stereocenters. The zero-order valence-electron chi connectivity index (χ0n) is 8.67. The van der Waals surface area contributed by atoms with E-state index in [1.165, 1.54) is 24.3 Å². The van der Waals surface area contributed by atoms with Crippen molar-refractivity contribution in [1.82, 2.24) is 0 Å². The SMILES string of the molecule is CCOC(=O)CC(F)(F)c1ccc(Br)cc1. The molecule has 0 atom stereocenters. The molecule has 0 bridgehead atoms. The maximum Gasteiger partial charge on any atom is 0.312 e. The zero-order valence-corrected chi connectivity index (χ0v) is 10.3. The first kappa shape index (κ1) is 13.1. The molecule has 0 saturated carbocycles. The van der Waals surface area contributed by atoms with Crippen molar-refractivity contribution in [2.75, 3.05) is 6.61 Å². The van der Waals surface area contributed by atoms with Crippen LogP contribution in [0.4, 0.5) is 8.78 Å². The van der Waals surface area contributed by atoms with E-state index < -0.39 is 18.3 Å². The molecule has 0 aliphatic carbocycles. The van der Waals surface area contributed by atoms with Crippen LogP contribution >= 0.6 is 15.9 Å². The van der Waals surface area contributed by atoms with E-state index in [0.29, 0.717) is 4.47 Å². The van der Waals surface area contributed by atoms with Crippen molar-refractivity contribution in [3.05, 3.63) is 34.3 Å². The molecule has 0 amide bonds. The van der Waals surface area contributed by atoms with E-state index in [1.54, 1.807) is 6.92 Å². The van der Waals surface area contributed by atoms with E-state index >= 15 is 0 Å². The number of hydrogen-bond acceptors (Lipinski definition) is 2. The standard InChI is InChI=1S/C11H11BrF2O2/c1-2-16-10(15)7-11(13,14)8-3-5-9(12)6-4-8/h3-6H,2,7H2,1H3. The molecule has 0 radical (unpaired) electrons. The van der Waals surface area contributed by atoms with E-state index in [2.05, 4.69) is 20.7 Å². The van der Waals surface area contributed by atoms with Gasteiger partial charge < -0.3 is 4.74 Å². The van der Waals surface area contributed by atoms with Gasteiger partial charge in [0.2, 0.25) is 0 Å². The van der Waals surface area contributed by atoms with Gasteiger partial charge in [-0.1, -0.05) is 28.1 Å². The van der Waals surface area contributed by atoms with Gasteiger partial charge in [-0.15, -0.1) is 0 Å². The Labute approximate surface area is 101 Å². The third-order valence-electron chi connectivity index (χ3n) is 1.94. The second kappa shape index (κ2) is 5.39. The highest BCUT2D eigenvalue weighted by atomic mass is 79.9. The quantitative estimate of drug-likeness (QED) is 0.794. The molecule has 1 aromatic carbocycles. The van der Waals surface area contributed by atoms with Crippen LogP contribution in [0.1, 0.15) is 18.9 Å². The predicted molar refractivity (Wildman–Crippen MR) is 59.3 cm³/mol. The van der Waals surface area contributed by atoms with E-state index in [9.17, 15) is 13.6 Å². The molecular weight excluding hydrogens is 282 g/mol. The second-order valence-corrected chi connectivity index (χ2v) is 4.11. The van der Waals surface area contributed by atoms with Gasteiger partial charge in [-0.05, 0) is 19.1 Å². The van der Waals surface area contributed by atoms with E-state index in [0.717, 1.165) is 0 Å². The Hall–Kier alpha value is -0.970. The maximum absolute atomic E-state index is 13.5. The van der Waals surface area contributed by atoms with Gasteiger partial charge in [-0.25, -0.2) is 8.78 Å². The zero-order chi connectivity index (χ0) is 12.2. The van der Waals surface area contributed by atoms with Crippen LogP contribution in [0.5, 0.6) is 0 Å². The van der Waals surface area contributed by atoms with Crippen LogP contribution < -0.4 is 0 Å². The van der Waals surface area contributed by atoms with Crippen LogP contribution in [0.15, 0.2) is 28.7 Å². The number of carbonyl (C=O) groups excluding carboxylic acids is 1. The summed E-state index contributed by atoms with van der Waals surface area (Å²) in [6.45, 7) is 1.69. The van der Waals surface area contributed by atoms with Crippen molar-refractivity contribution in [1.29, 1.82) is 0 Å². The van der Waals surface area contributed by atoms with Crippen molar-refractivity contribution in [2.24, 2.45) is 0 Å². The summed E-state index contributed by atoms with van der Waals surface area (Å²) in [4.78, 5) is 11.0. The number of benzene rings is 1. The summed E-state index contributed by atoms with van der Waals surface area (Å²) >= 11 is 3.15. The number of rotatable bonds is 4. The van der Waals surface area contributed by atoms with Crippen LogP contribution in [0.2, 0.25) is 0 Å². The highest BCUT2D eigenvalue weighted by Gasteiger charge is 2.35. The molecule has 16 heavy (non-hydrogen) atoms. The first-order chi connectivity index (χ1) is 7.45. The third kappa shape index (κ3) is 3.56. The van der Waals surface area contributed by atoms with Gasteiger partial charge in [0.25, 0.3) is 5.92 Å². The third-order valence-corrected chi connectivity index (χ3v) is 2.47. The Morgan fingerprint density at radius 3 is 2.44 bits per heavy atom. The minimum Gasteiger partial charge on any atom is -0.466 e. The van der Waals surface area contributed by atoms with Crippen LogP contribution in [-0.4, -0.2) is 12.6 Å². The van der Waals surface area contributed by atoms with E-state index in [1.807, 2.05) is 0 Å². The van der Waals surface area contributed by atoms with Crippen LogP contribution in [0.25, 0.3) is 0 Å². The van der Waals surface area contributed by atoms with Gasteiger partial charge in [0, 0.05) is 10.0 Å². The van der Waals surface area contributed by atoms with Gasteiger partial charge in [-0.3, -0.25) is 4.79 Å². The molecule has 0 spiro atoms. The van der Waals surface area contributed by atoms with Crippen LogP contribution in [-0.2, 0) is 15.5 Å². The first-order valence-corrected chi connectivity index (χ1v) is 5.54. The monoisotopic (exact) mass is 292 g/mol. The molecule has 0 fully saturated rings. The number of esters is 1. The van der Waals surface area contributed by atoms with Crippen molar-refractivity contribution in [3.63, 3.8) is 0 Å². The number of ether oxygens (including phenoxy) is 1. The Bertz CT molecular complexity index is 363. The normalized spacial score (nSPS) is 11.2. The predicted octanol–water partition coefficient (Wildman–Crippen LogP) is 3.49. The molecule has 0 saturated heterocycles. The molecule has 1 aromatic rings. The molecule has 0 aliphatic rings. The van der Waals surface area contributed by atoms with Crippen LogP contribution in [0.3, 0.4) is 0 Å². The summed E-state index contributed by atoms with van der Waals surface area (Å²) in [6, 6.07) is 5.58. The van der Waals surface area contributed by atoms with Crippen LogP contribution in [0, 0.1) is 0 Å². The van der Waals surface area contributed by atoms with E-state index in [4.69, 9.17) is 0 Å². The Kier molecular flexibility index (Phi) is 4.41. The Balaban J connectivity index is 2.76. The lowest BCUT2D eigenvalue weighted by molar-refractivity contribution is -0.151. The van der Waals surface area contributed by atoms with Crippen molar-refractivity contribution < 1.29 is 18.3 Å². The molecule has 2 nitrogen and oxygen atoms in total. The lowest BCUT2D eigenvalue weighted by Gasteiger charge is -2.15. The first-order valence-electron chi connectivity index (χ1n) is 4.75. The lowest BCUT2D eigenvalue weighted by Crippen LogP contribution is -2.20. The molecule has 0 aliphatic heterocycles. The minimum atomic E-state index is -3.19. The van der Waals surface area contributed by atoms with Crippen molar-refractivity contribution in [3.8, 4) is 0 Å². The van der Waals surface area contributed by atoms with Gasteiger partial charge in [-0.2, -0.15) is 0 Å². The smallest absolute Gasteiger partial charge is 0.312 e. The summed E-state index contributed by atoms with van der Waals surface area (Å²) in [7, 11) is 0. The number of alkyl halides is 2. The van der Waals surface area contributed by atoms with Crippen molar-refractivity contribution in [2.45, 2.75) is 19.3 Å².